The molecule has 0 saturated carbocycles. The Morgan fingerprint density at radius 2 is 1.92 bits per heavy atom. The van der Waals surface area contributed by atoms with Gasteiger partial charge in [0.05, 0.1) is 11.2 Å². The fourth-order valence-corrected chi connectivity index (χ4v) is 3.76. The fraction of sp³-hybridized carbons (Fsp3) is 0.250. The molecule has 0 aliphatic carbocycles. The number of sulfonamides is 1. The molecule has 1 aliphatic rings. The first-order chi connectivity index (χ1) is 11.7. The molecule has 7 nitrogen and oxygen atoms in total. The highest BCUT2D eigenvalue weighted by molar-refractivity contribution is 7.90. The molecule has 2 amide bonds. The molecule has 1 aliphatic heterocycles. The minimum absolute atomic E-state index is 0.0860. The standard InChI is InChI=1S/C16H15ClN2O5S/c1-16(8-9-19(16)14(20)13-3-2-10-24-13)15(21)18-25(22,23)12-6-4-11(17)5-7-12/h2-7,10H,8-9H2,1H3,(H,18,21). The molecule has 2 aromatic rings. The van der Waals surface area contributed by atoms with Gasteiger partial charge in [-0.3, -0.25) is 9.59 Å². The third-order valence-electron chi connectivity index (χ3n) is 4.24. The molecule has 132 valence electrons. The molecule has 9 heteroatoms. The molecule has 0 spiro atoms. The maximum atomic E-state index is 12.5. The van der Waals surface area contributed by atoms with E-state index >= 15 is 0 Å². The second-order valence-corrected chi connectivity index (χ2v) is 7.97. The normalized spacial score (nSPS) is 20.0. The number of halogens is 1. The Kier molecular flexibility index (Phi) is 4.34. The van der Waals surface area contributed by atoms with E-state index in [1.807, 2.05) is 4.72 Å². The number of nitrogens with zero attached hydrogens (tertiary/aromatic N) is 1. The summed E-state index contributed by atoms with van der Waals surface area (Å²) in [6.07, 6.45) is 1.71. The molecule has 3 rings (SSSR count). The minimum Gasteiger partial charge on any atom is -0.459 e. The van der Waals surface area contributed by atoms with Crippen molar-refractivity contribution in [3.63, 3.8) is 0 Å². The van der Waals surface area contributed by atoms with Gasteiger partial charge in [0, 0.05) is 11.6 Å². The van der Waals surface area contributed by atoms with Crippen molar-refractivity contribution >= 4 is 33.4 Å². The second-order valence-electron chi connectivity index (χ2n) is 5.85. The van der Waals surface area contributed by atoms with Gasteiger partial charge in [0.15, 0.2) is 5.76 Å². The minimum atomic E-state index is -4.06. The van der Waals surface area contributed by atoms with E-state index in [1.165, 1.54) is 48.4 Å². The first-order valence-corrected chi connectivity index (χ1v) is 9.28. The molecular formula is C16H15ClN2O5S. The van der Waals surface area contributed by atoms with Crippen LogP contribution in [0.3, 0.4) is 0 Å². The number of carbonyl (C=O) groups is 2. The van der Waals surface area contributed by atoms with Crippen molar-refractivity contribution < 1.29 is 22.4 Å². The predicted molar refractivity (Wildman–Crippen MR) is 89.5 cm³/mol. The van der Waals surface area contributed by atoms with Gasteiger partial charge in [0.1, 0.15) is 5.54 Å². The monoisotopic (exact) mass is 382 g/mol. The highest BCUT2D eigenvalue weighted by atomic mass is 35.5. The lowest BCUT2D eigenvalue weighted by Crippen LogP contribution is -2.67. The van der Waals surface area contributed by atoms with Crippen LogP contribution < -0.4 is 4.72 Å². The zero-order valence-corrected chi connectivity index (χ0v) is 14.8. The van der Waals surface area contributed by atoms with Crippen LogP contribution in [0, 0.1) is 0 Å². The van der Waals surface area contributed by atoms with Crippen LogP contribution >= 0.6 is 11.6 Å². The van der Waals surface area contributed by atoms with Crippen LogP contribution in [-0.2, 0) is 14.8 Å². The lowest BCUT2D eigenvalue weighted by atomic mass is 9.85. The summed E-state index contributed by atoms with van der Waals surface area (Å²) in [6.45, 7) is 1.86. The lowest BCUT2D eigenvalue weighted by molar-refractivity contribution is -0.135. The first kappa shape index (κ1) is 17.5. The quantitative estimate of drug-likeness (QED) is 0.872. The van der Waals surface area contributed by atoms with Crippen LogP contribution in [0.2, 0.25) is 5.02 Å². The molecule has 0 bridgehead atoms. The van der Waals surface area contributed by atoms with Crippen LogP contribution in [-0.4, -0.2) is 37.2 Å². The maximum absolute atomic E-state index is 12.5. The molecule has 1 saturated heterocycles. The number of furan rings is 1. The van der Waals surface area contributed by atoms with Gasteiger partial charge >= 0.3 is 0 Å². The summed E-state index contributed by atoms with van der Waals surface area (Å²) < 4.78 is 31.8. The number of hydrogen-bond donors (Lipinski definition) is 1. The van der Waals surface area contributed by atoms with E-state index in [4.69, 9.17) is 16.0 Å². The van der Waals surface area contributed by atoms with Gasteiger partial charge in [-0.25, -0.2) is 13.1 Å². The number of hydrogen-bond acceptors (Lipinski definition) is 5. The van der Waals surface area contributed by atoms with E-state index in [-0.39, 0.29) is 10.7 Å². The van der Waals surface area contributed by atoms with E-state index in [0.29, 0.717) is 18.0 Å². The van der Waals surface area contributed by atoms with Crippen LogP contribution in [0.15, 0.2) is 52.0 Å². The van der Waals surface area contributed by atoms with E-state index in [2.05, 4.69) is 0 Å². The second kappa shape index (κ2) is 6.20. The highest BCUT2D eigenvalue weighted by Gasteiger charge is 2.51. The van der Waals surface area contributed by atoms with Crippen molar-refractivity contribution in [1.29, 1.82) is 0 Å². The Labute approximate surface area is 149 Å². The Morgan fingerprint density at radius 3 is 2.44 bits per heavy atom. The van der Waals surface area contributed by atoms with E-state index in [9.17, 15) is 18.0 Å². The van der Waals surface area contributed by atoms with Gasteiger partial charge in [-0.2, -0.15) is 0 Å². The number of rotatable bonds is 4. The largest absolute Gasteiger partial charge is 0.459 e. The first-order valence-electron chi connectivity index (χ1n) is 7.42. The molecular weight excluding hydrogens is 368 g/mol. The molecule has 25 heavy (non-hydrogen) atoms. The summed E-state index contributed by atoms with van der Waals surface area (Å²) >= 11 is 5.74. The van der Waals surface area contributed by atoms with Crippen molar-refractivity contribution in [2.75, 3.05) is 6.54 Å². The van der Waals surface area contributed by atoms with E-state index in [1.54, 1.807) is 6.07 Å². The van der Waals surface area contributed by atoms with Gasteiger partial charge < -0.3 is 9.32 Å². The highest BCUT2D eigenvalue weighted by Crippen LogP contribution is 2.32. The Morgan fingerprint density at radius 1 is 1.24 bits per heavy atom. The van der Waals surface area contributed by atoms with E-state index in [0.717, 1.165) is 0 Å². The average molecular weight is 383 g/mol. The molecule has 1 aromatic heterocycles. The van der Waals surface area contributed by atoms with Gasteiger partial charge in [-0.1, -0.05) is 11.6 Å². The topological polar surface area (TPSA) is 96.7 Å². The fourth-order valence-electron chi connectivity index (χ4n) is 2.56. The zero-order valence-electron chi connectivity index (χ0n) is 13.2. The molecule has 1 N–H and O–H groups in total. The van der Waals surface area contributed by atoms with Crippen molar-refractivity contribution in [2.24, 2.45) is 0 Å². The van der Waals surface area contributed by atoms with Crippen molar-refractivity contribution in [3.8, 4) is 0 Å². The van der Waals surface area contributed by atoms with Crippen LogP contribution in [0.5, 0.6) is 0 Å². The Bertz CT molecular complexity index is 909. The van der Waals surface area contributed by atoms with Gasteiger partial charge in [-0.05, 0) is 49.7 Å². The number of benzene rings is 1. The summed E-state index contributed by atoms with van der Waals surface area (Å²) in [6, 6.07) is 8.48. The van der Waals surface area contributed by atoms with Crippen LogP contribution in [0.1, 0.15) is 23.9 Å². The lowest BCUT2D eigenvalue weighted by Gasteiger charge is -2.48. The SMILES string of the molecule is CC1(C(=O)NS(=O)(=O)c2ccc(Cl)cc2)CCN1C(=O)c1ccco1. The molecule has 1 fully saturated rings. The van der Waals surface area contributed by atoms with Crippen LogP contribution in [0.25, 0.3) is 0 Å². The predicted octanol–water partition coefficient (Wildman–Crippen LogP) is 2.04. The van der Waals surface area contributed by atoms with Gasteiger partial charge in [0.2, 0.25) is 0 Å². The summed E-state index contributed by atoms with van der Waals surface area (Å²) in [5.41, 5.74) is -1.26. The molecule has 2 heterocycles. The molecule has 1 atom stereocenters. The molecule has 0 radical (unpaired) electrons. The summed E-state index contributed by atoms with van der Waals surface area (Å²) in [5.74, 6) is -1.13. The van der Waals surface area contributed by atoms with Crippen molar-refractivity contribution in [1.82, 2.24) is 9.62 Å². The summed E-state index contributed by atoms with van der Waals surface area (Å²) in [7, 11) is -4.06. The average Bonchev–Trinajstić information content (AvgIpc) is 3.07. The van der Waals surface area contributed by atoms with Gasteiger partial charge in [-0.15, -0.1) is 0 Å². The van der Waals surface area contributed by atoms with Crippen molar-refractivity contribution in [3.05, 3.63) is 53.4 Å². The zero-order chi connectivity index (χ0) is 18.2. The smallest absolute Gasteiger partial charge is 0.290 e. The summed E-state index contributed by atoms with van der Waals surface area (Å²) in [4.78, 5) is 26.1. The Hall–Kier alpha value is -2.32. The number of amides is 2. The number of carbonyl (C=O) groups excluding carboxylic acids is 2. The maximum Gasteiger partial charge on any atom is 0.290 e. The number of nitrogens with one attached hydrogen (secondary N) is 1. The number of likely N-dealkylation sites (tertiary alicyclic amines) is 1. The van der Waals surface area contributed by atoms with E-state index < -0.39 is 27.4 Å². The Balaban J connectivity index is 1.78. The molecule has 1 aromatic carbocycles. The molecule has 1 unspecified atom stereocenters. The third-order valence-corrected chi connectivity index (χ3v) is 5.83. The summed E-state index contributed by atoms with van der Waals surface area (Å²) in [5, 5.41) is 0.381. The third kappa shape index (κ3) is 3.14. The van der Waals surface area contributed by atoms with Crippen LogP contribution in [0.4, 0.5) is 0 Å². The van der Waals surface area contributed by atoms with Gasteiger partial charge in [0.25, 0.3) is 21.8 Å². The van der Waals surface area contributed by atoms with Crippen molar-refractivity contribution in [2.45, 2.75) is 23.8 Å².